The third kappa shape index (κ3) is 10.2. The predicted octanol–water partition coefficient (Wildman–Crippen LogP) is 9.10. The van der Waals surface area contributed by atoms with Gasteiger partial charge in [0.1, 0.15) is 22.6 Å². The zero-order chi connectivity index (χ0) is 37.6. The molecule has 1 aromatic carbocycles. The number of rotatable bonds is 16. The molecule has 0 unspecified atom stereocenters. The largest absolute Gasteiger partial charge is 0.426 e. The number of carbonyl (C=O) groups is 2. The van der Waals surface area contributed by atoms with Crippen molar-refractivity contribution in [3.05, 3.63) is 23.3 Å². The van der Waals surface area contributed by atoms with E-state index in [0.29, 0.717) is 51.0 Å². The van der Waals surface area contributed by atoms with E-state index in [4.69, 9.17) is 28.4 Å². The summed E-state index contributed by atoms with van der Waals surface area (Å²) in [6.45, 7) is 8.35. The van der Waals surface area contributed by atoms with Crippen molar-refractivity contribution < 1.29 is 64.4 Å². The average molecular weight is 751 g/mol. The molecule has 0 spiro atoms. The number of halogens is 6. The molecule has 2 saturated carbocycles. The van der Waals surface area contributed by atoms with Crippen molar-refractivity contribution in [1.29, 1.82) is 0 Å². The molecule has 1 aromatic rings. The van der Waals surface area contributed by atoms with Crippen LogP contribution in [0.4, 0.5) is 26.3 Å². The van der Waals surface area contributed by atoms with Gasteiger partial charge in [0.25, 0.3) is 0 Å². The Morgan fingerprint density at radius 3 is 1.25 bits per heavy atom. The first kappa shape index (κ1) is 40.8. The number of carbonyl (C=O) groups excluding carboxylic acids is 2. The van der Waals surface area contributed by atoms with Crippen LogP contribution in [0, 0.1) is 22.7 Å². The van der Waals surface area contributed by atoms with E-state index in [2.05, 4.69) is 13.8 Å². The Bertz CT molecular complexity index is 1230. The van der Waals surface area contributed by atoms with E-state index in [0.717, 1.165) is 65.0 Å². The minimum absolute atomic E-state index is 0.121. The molecular weight excluding hydrogens is 698 g/mol. The molecule has 2 heterocycles. The maximum atomic E-state index is 14.3. The Morgan fingerprint density at radius 2 is 0.981 bits per heavy atom. The first-order valence-electron chi connectivity index (χ1n) is 18.8. The average Bonchev–Trinajstić information content (AvgIpc) is 3.07. The number of esters is 2. The van der Waals surface area contributed by atoms with Gasteiger partial charge in [0.2, 0.25) is 0 Å². The summed E-state index contributed by atoms with van der Waals surface area (Å²) in [6.07, 6.45) is -2.69. The van der Waals surface area contributed by atoms with Gasteiger partial charge in [-0.05, 0) is 102 Å². The molecule has 0 radical (unpaired) electrons. The summed E-state index contributed by atoms with van der Waals surface area (Å²) < 4.78 is 119. The van der Waals surface area contributed by atoms with Crippen molar-refractivity contribution in [1.82, 2.24) is 0 Å². The van der Waals surface area contributed by atoms with Gasteiger partial charge < -0.3 is 28.4 Å². The van der Waals surface area contributed by atoms with Crippen LogP contribution in [0.3, 0.4) is 0 Å². The van der Waals surface area contributed by atoms with Crippen LogP contribution in [0.25, 0.3) is 0 Å². The molecule has 14 heteroatoms. The van der Waals surface area contributed by atoms with Crippen LogP contribution in [-0.4, -0.2) is 63.8 Å². The zero-order valence-corrected chi connectivity index (χ0v) is 30.1. The van der Waals surface area contributed by atoms with E-state index in [-0.39, 0.29) is 48.7 Å². The summed E-state index contributed by atoms with van der Waals surface area (Å²) in [6, 6.07) is 1.24. The first-order chi connectivity index (χ1) is 24.7. The standard InChI is InChI=1S/C38H52F6O8/c1-3-35(21-47-22-35)17-5-19-49-27-11-7-25(8-12-27)33(45)51-29-15-16-30(32(38(42,43)44)31(29)37(39,40)41)52-34(46)26-9-13-28(14-10-26)50-20-6-18-36(4-2)23-48-24-36/h15-16,25-28H,3-14,17-24H2,1-2H3. The molecule has 0 aromatic heterocycles. The Kier molecular flexibility index (Phi) is 13.6. The van der Waals surface area contributed by atoms with Gasteiger partial charge in [-0.3, -0.25) is 9.59 Å². The SMILES string of the molecule is CCC1(CCCOC2CCC(C(=O)Oc3ccc(OC(=O)C4CCC(OCCCC5(CC)COC5)CC4)c(C(F)(F)F)c3C(F)(F)F)CC2)COC1. The van der Waals surface area contributed by atoms with Gasteiger partial charge in [0, 0.05) is 24.0 Å². The van der Waals surface area contributed by atoms with E-state index in [1.165, 1.54) is 0 Å². The molecule has 0 amide bonds. The van der Waals surface area contributed by atoms with Crippen LogP contribution in [0.2, 0.25) is 0 Å². The van der Waals surface area contributed by atoms with Gasteiger partial charge in [-0.25, -0.2) is 0 Å². The van der Waals surface area contributed by atoms with Crippen molar-refractivity contribution in [3.63, 3.8) is 0 Å². The highest BCUT2D eigenvalue weighted by Crippen LogP contribution is 2.50. The highest BCUT2D eigenvalue weighted by Gasteiger charge is 2.49. The topological polar surface area (TPSA) is 89.5 Å². The van der Waals surface area contributed by atoms with Crippen molar-refractivity contribution in [2.24, 2.45) is 22.7 Å². The lowest BCUT2D eigenvalue weighted by atomic mass is 9.79. The summed E-state index contributed by atoms with van der Waals surface area (Å²) in [4.78, 5) is 26.0. The predicted molar refractivity (Wildman–Crippen MR) is 177 cm³/mol. The van der Waals surface area contributed by atoms with Crippen molar-refractivity contribution in [2.45, 2.75) is 128 Å². The molecule has 0 atom stereocenters. The number of hydrogen-bond donors (Lipinski definition) is 0. The number of hydrogen-bond acceptors (Lipinski definition) is 8. The number of alkyl halides is 6. The zero-order valence-electron chi connectivity index (χ0n) is 30.1. The first-order valence-corrected chi connectivity index (χ1v) is 18.8. The summed E-state index contributed by atoms with van der Waals surface area (Å²) in [5.74, 6) is -6.24. The molecule has 2 saturated heterocycles. The van der Waals surface area contributed by atoms with Crippen LogP contribution < -0.4 is 9.47 Å². The molecular formula is C38H52F6O8. The normalized spacial score (nSPS) is 25.8. The lowest BCUT2D eigenvalue weighted by Gasteiger charge is -2.41. The Balaban J connectivity index is 1.14. The lowest BCUT2D eigenvalue weighted by molar-refractivity contribution is -0.166. The summed E-state index contributed by atoms with van der Waals surface area (Å²) in [7, 11) is 0. The fourth-order valence-corrected chi connectivity index (χ4v) is 7.84. The third-order valence-electron chi connectivity index (χ3n) is 11.7. The number of benzene rings is 1. The fourth-order valence-electron chi connectivity index (χ4n) is 7.84. The van der Waals surface area contributed by atoms with Crippen LogP contribution in [-0.2, 0) is 40.9 Å². The smallest absolute Gasteiger partial charge is 0.420 e. The van der Waals surface area contributed by atoms with Gasteiger partial charge >= 0.3 is 24.3 Å². The van der Waals surface area contributed by atoms with Gasteiger partial charge in [-0.1, -0.05) is 13.8 Å². The molecule has 4 fully saturated rings. The molecule has 5 rings (SSSR count). The maximum Gasteiger partial charge on any atom is 0.420 e. The Morgan fingerprint density at radius 1 is 0.635 bits per heavy atom. The second-order valence-corrected chi connectivity index (χ2v) is 15.2. The molecule has 4 aliphatic rings. The summed E-state index contributed by atoms with van der Waals surface area (Å²) >= 11 is 0. The van der Waals surface area contributed by atoms with E-state index in [9.17, 15) is 35.9 Å². The highest BCUT2D eigenvalue weighted by molar-refractivity contribution is 5.78. The van der Waals surface area contributed by atoms with E-state index >= 15 is 0 Å². The minimum Gasteiger partial charge on any atom is -0.426 e. The van der Waals surface area contributed by atoms with Gasteiger partial charge in [-0.2, -0.15) is 26.3 Å². The Hall–Kier alpha value is -2.42. The molecule has 0 bridgehead atoms. The second-order valence-electron chi connectivity index (χ2n) is 15.2. The molecule has 8 nitrogen and oxygen atoms in total. The van der Waals surface area contributed by atoms with Crippen LogP contribution in [0.5, 0.6) is 11.5 Å². The molecule has 294 valence electrons. The quantitative estimate of drug-likeness (QED) is 0.0716. The van der Waals surface area contributed by atoms with Crippen LogP contribution >= 0.6 is 0 Å². The van der Waals surface area contributed by atoms with Crippen molar-refractivity contribution in [2.75, 3.05) is 39.6 Å². The van der Waals surface area contributed by atoms with E-state index in [1.807, 2.05) is 0 Å². The number of ether oxygens (including phenoxy) is 6. The fraction of sp³-hybridized carbons (Fsp3) is 0.789. The van der Waals surface area contributed by atoms with Crippen molar-refractivity contribution in [3.8, 4) is 11.5 Å². The summed E-state index contributed by atoms with van der Waals surface area (Å²) in [5, 5.41) is 0. The van der Waals surface area contributed by atoms with E-state index in [1.54, 1.807) is 0 Å². The van der Waals surface area contributed by atoms with Crippen LogP contribution in [0.15, 0.2) is 12.1 Å². The van der Waals surface area contributed by atoms with Crippen molar-refractivity contribution >= 4 is 11.9 Å². The second kappa shape index (κ2) is 17.4. The van der Waals surface area contributed by atoms with Gasteiger partial charge in [0.15, 0.2) is 0 Å². The monoisotopic (exact) mass is 750 g/mol. The van der Waals surface area contributed by atoms with Crippen LogP contribution in [0.1, 0.15) is 115 Å². The van der Waals surface area contributed by atoms with Gasteiger partial charge in [0.05, 0.1) is 50.5 Å². The molecule has 2 aliphatic carbocycles. The third-order valence-corrected chi connectivity index (χ3v) is 11.7. The minimum atomic E-state index is -5.58. The maximum absolute atomic E-state index is 14.3. The highest BCUT2D eigenvalue weighted by atomic mass is 19.4. The summed E-state index contributed by atoms with van der Waals surface area (Å²) in [5.41, 5.74) is -3.98. The molecule has 52 heavy (non-hydrogen) atoms. The Labute approximate surface area is 301 Å². The van der Waals surface area contributed by atoms with E-state index < -0.39 is 58.8 Å². The lowest BCUT2D eigenvalue weighted by Crippen LogP contribution is -2.42. The molecule has 2 aliphatic heterocycles. The molecule has 0 N–H and O–H groups in total. The van der Waals surface area contributed by atoms with Gasteiger partial charge in [-0.15, -0.1) is 0 Å².